The lowest BCUT2D eigenvalue weighted by atomic mass is 9.96. The molecule has 2 aliphatic heterocycles. The number of nitrogens with zero attached hydrogens (tertiary/aromatic N) is 1. The van der Waals surface area contributed by atoms with Gasteiger partial charge in [-0.2, -0.15) is 0 Å². The maximum atomic E-state index is 5.88. The van der Waals surface area contributed by atoms with Crippen LogP contribution in [-0.4, -0.2) is 45.5 Å². The van der Waals surface area contributed by atoms with Crippen LogP contribution < -0.4 is 20.1 Å². The van der Waals surface area contributed by atoms with E-state index in [9.17, 15) is 0 Å². The summed E-state index contributed by atoms with van der Waals surface area (Å²) in [6.07, 6.45) is 4.14. The summed E-state index contributed by atoms with van der Waals surface area (Å²) in [4.78, 5) is 4.32. The Kier molecular flexibility index (Phi) is 7.63. The first-order chi connectivity index (χ1) is 11.6. The molecule has 0 spiro atoms. The van der Waals surface area contributed by atoms with Crippen LogP contribution in [0.15, 0.2) is 21.6 Å². The zero-order valence-corrected chi connectivity index (χ0v) is 18.6. The van der Waals surface area contributed by atoms with Gasteiger partial charge < -0.3 is 24.8 Å². The summed E-state index contributed by atoms with van der Waals surface area (Å²) >= 11 is 3.52. The van der Waals surface area contributed by atoms with E-state index in [1.807, 2.05) is 12.1 Å². The van der Waals surface area contributed by atoms with Crippen molar-refractivity contribution in [2.45, 2.75) is 44.1 Å². The van der Waals surface area contributed by atoms with Gasteiger partial charge in [0.15, 0.2) is 17.5 Å². The first-order valence-electron chi connectivity index (χ1n) is 8.17. The molecule has 140 valence electrons. The fraction of sp³-hybridized carbons (Fsp3) is 0.588. The summed E-state index contributed by atoms with van der Waals surface area (Å²) in [6.45, 7) is 0.639. The van der Waals surface area contributed by atoms with Crippen LogP contribution in [-0.2, 0) is 11.3 Å². The van der Waals surface area contributed by atoms with Crippen LogP contribution in [0.1, 0.15) is 24.8 Å². The van der Waals surface area contributed by atoms with Gasteiger partial charge in [-0.15, -0.1) is 24.0 Å². The number of halogens is 2. The van der Waals surface area contributed by atoms with Crippen LogP contribution in [0, 0.1) is 0 Å². The number of rotatable bonds is 5. The standard InChI is InChI=1S/C17H24BrN3O3.HI/c1-19-17(21-13-8-11-4-5-14(13)24-11)20-9-10-6-12(18)16(23-3)15(7-10)22-2;/h6-7,11,13-14H,4-5,8-9H2,1-3H3,(H2,19,20,21);1H. The van der Waals surface area contributed by atoms with Gasteiger partial charge in [0.25, 0.3) is 0 Å². The summed E-state index contributed by atoms with van der Waals surface area (Å²) in [5.41, 5.74) is 1.08. The van der Waals surface area contributed by atoms with Gasteiger partial charge in [-0.1, -0.05) is 0 Å². The first-order valence-corrected chi connectivity index (χ1v) is 8.97. The molecule has 6 nitrogen and oxygen atoms in total. The Morgan fingerprint density at radius 2 is 2.12 bits per heavy atom. The number of ether oxygens (including phenoxy) is 3. The molecule has 0 saturated carbocycles. The van der Waals surface area contributed by atoms with E-state index in [0.717, 1.165) is 28.8 Å². The van der Waals surface area contributed by atoms with Gasteiger partial charge in [0.2, 0.25) is 0 Å². The maximum absolute atomic E-state index is 5.88. The second-order valence-corrected chi connectivity index (χ2v) is 6.95. The van der Waals surface area contributed by atoms with Gasteiger partial charge in [0, 0.05) is 13.6 Å². The summed E-state index contributed by atoms with van der Waals surface area (Å²) in [5.74, 6) is 2.19. The molecule has 3 rings (SSSR count). The predicted molar refractivity (Wildman–Crippen MR) is 112 cm³/mol. The number of aliphatic imine (C=N–C) groups is 1. The van der Waals surface area contributed by atoms with Crippen molar-refractivity contribution in [2.24, 2.45) is 4.99 Å². The molecular weight excluding hydrogens is 501 g/mol. The quantitative estimate of drug-likeness (QED) is 0.351. The summed E-state index contributed by atoms with van der Waals surface area (Å²) in [6, 6.07) is 4.33. The molecule has 0 aliphatic carbocycles. The molecule has 2 saturated heterocycles. The van der Waals surface area contributed by atoms with Gasteiger partial charge in [-0.3, -0.25) is 4.99 Å². The van der Waals surface area contributed by atoms with Crippen molar-refractivity contribution in [1.82, 2.24) is 10.6 Å². The molecule has 2 fully saturated rings. The van der Waals surface area contributed by atoms with E-state index in [1.165, 1.54) is 6.42 Å². The SMILES string of the molecule is CN=C(NCc1cc(Br)c(OC)c(OC)c1)NC1CC2CCC1O2.I. The van der Waals surface area contributed by atoms with Crippen LogP contribution in [0.2, 0.25) is 0 Å². The first kappa shape index (κ1) is 20.6. The van der Waals surface area contributed by atoms with E-state index in [-0.39, 0.29) is 24.0 Å². The van der Waals surface area contributed by atoms with Crippen LogP contribution in [0.5, 0.6) is 11.5 Å². The van der Waals surface area contributed by atoms with Crippen LogP contribution in [0.3, 0.4) is 0 Å². The van der Waals surface area contributed by atoms with E-state index >= 15 is 0 Å². The molecule has 1 aromatic carbocycles. The van der Waals surface area contributed by atoms with Crippen LogP contribution in [0.4, 0.5) is 0 Å². The molecule has 0 radical (unpaired) electrons. The number of fused-ring (bicyclic) bond motifs is 2. The molecule has 3 atom stereocenters. The zero-order chi connectivity index (χ0) is 17.1. The lowest BCUT2D eigenvalue weighted by molar-refractivity contribution is 0.0992. The Bertz CT molecular complexity index is 629. The average Bonchev–Trinajstić information content (AvgIpc) is 3.20. The van der Waals surface area contributed by atoms with Crippen molar-refractivity contribution >= 4 is 45.9 Å². The zero-order valence-electron chi connectivity index (χ0n) is 14.7. The molecule has 2 N–H and O–H groups in total. The van der Waals surface area contributed by atoms with Gasteiger partial charge in [-0.05, 0) is 52.9 Å². The molecule has 2 bridgehead atoms. The number of methoxy groups -OCH3 is 2. The Balaban J connectivity index is 0.00000225. The lowest BCUT2D eigenvalue weighted by Crippen LogP contribution is -2.47. The maximum Gasteiger partial charge on any atom is 0.191 e. The van der Waals surface area contributed by atoms with E-state index in [1.54, 1.807) is 21.3 Å². The van der Waals surface area contributed by atoms with E-state index < -0.39 is 0 Å². The van der Waals surface area contributed by atoms with Crippen molar-refractivity contribution in [2.75, 3.05) is 21.3 Å². The molecule has 8 heteroatoms. The molecule has 0 amide bonds. The lowest BCUT2D eigenvalue weighted by Gasteiger charge is -2.22. The third-order valence-corrected chi connectivity index (χ3v) is 5.19. The largest absolute Gasteiger partial charge is 0.493 e. The Morgan fingerprint density at radius 3 is 2.68 bits per heavy atom. The highest BCUT2D eigenvalue weighted by atomic mass is 127. The minimum Gasteiger partial charge on any atom is -0.493 e. The minimum atomic E-state index is 0. The van der Waals surface area contributed by atoms with E-state index in [4.69, 9.17) is 14.2 Å². The van der Waals surface area contributed by atoms with Crippen LogP contribution >= 0.6 is 39.9 Å². The third kappa shape index (κ3) is 4.71. The summed E-state index contributed by atoms with van der Waals surface area (Å²) in [7, 11) is 5.05. The monoisotopic (exact) mass is 525 g/mol. The number of hydrogen-bond donors (Lipinski definition) is 2. The highest BCUT2D eigenvalue weighted by Gasteiger charge is 2.41. The number of benzene rings is 1. The van der Waals surface area contributed by atoms with E-state index in [2.05, 4.69) is 31.6 Å². The van der Waals surface area contributed by atoms with Crippen molar-refractivity contribution < 1.29 is 14.2 Å². The normalized spacial score (nSPS) is 24.6. The van der Waals surface area contributed by atoms with Gasteiger partial charge in [-0.25, -0.2) is 0 Å². The molecule has 25 heavy (non-hydrogen) atoms. The summed E-state index contributed by atoms with van der Waals surface area (Å²) in [5, 5.41) is 6.83. The molecule has 3 unspecified atom stereocenters. The van der Waals surface area contributed by atoms with Crippen molar-refractivity contribution in [1.29, 1.82) is 0 Å². The van der Waals surface area contributed by atoms with Gasteiger partial charge in [0.05, 0.1) is 36.9 Å². The van der Waals surface area contributed by atoms with Gasteiger partial charge in [0.1, 0.15) is 0 Å². The molecule has 0 aromatic heterocycles. The number of nitrogens with one attached hydrogen (secondary N) is 2. The summed E-state index contributed by atoms with van der Waals surface area (Å²) < 4.78 is 17.5. The average molecular weight is 526 g/mol. The molecule has 2 aliphatic rings. The smallest absolute Gasteiger partial charge is 0.191 e. The highest BCUT2D eigenvalue weighted by Crippen LogP contribution is 2.36. The highest BCUT2D eigenvalue weighted by molar-refractivity contribution is 14.0. The second-order valence-electron chi connectivity index (χ2n) is 6.10. The predicted octanol–water partition coefficient (Wildman–Crippen LogP) is 3.07. The Hall–Kier alpha value is -0.740. The topological polar surface area (TPSA) is 64.1 Å². The van der Waals surface area contributed by atoms with Gasteiger partial charge >= 0.3 is 0 Å². The fourth-order valence-electron chi connectivity index (χ4n) is 3.42. The van der Waals surface area contributed by atoms with Crippen molar-refractivity contribution in [3.05, 3.63) is 22.2 Å². The van der Waals surface area contributed by atoms with Crippen molar-refractivity contribution in [3.8, 4) is 11.5 Å². The van der Waals surface area contributed by atoms with Crippen molar-refractivity contribution in [3.63, 3.8) is 0 Å². The number of hydrogen-bond acceptors (Lipinski definition) is 4. The fourth-order valence-corrected chi connectivity index (χ4v) is 4.07. The Labute approximate surface area is 174 Å². The van der Waals surface area contributed by atoms with E-state index in [0.29, 0.717) is 36.3 Å². The number of guanidine groups is 1. The third-order valence-electron chi connectivity index (χ3n) is 4.61. The Morgan fingerprint density at radius 1 is 1.32 bits per heavy atom. The minimum absolute atomic E-state index is 0. The second kappa shape index (κ2) is 9.27. The molecule has 1 aromatic rings. The van der Waals surface area contributed by atoms with Crippen LogP contribution in [0.25, 0.3) is 0 Å². The molecular formula is C17H25BrIN3O3. The molecule has 2 heterocycles.